The summed E-state index contributed by atoms with van der Waals surface area (Å²) in [6.45, 7) is 10.1. The molecule has 0 radical (unpaired) electrons. The van der Waals surface area contributed by atoms with Gasteiger partial charge in [-0.1, -0.05) is 176 Å². The maximum absolute atomic E-state index is 6.35. The Morgan fingerprint density at radius 3 is 1.27 bits per heavy atom. The number of halogens is 1. The van der Waals surface area contributed by atoms with Gasteiger partial charge in [0.15, 0.2) is 18.9 Å². The van der Waals surface area contributed by atoms with Gasteiger partial charge in [-0.05, 0) is 80.3 Å². The molecular weight excluding hydrogens is 1110 g/mol. The number of nitrogens with zero attached hydrogens (tertiary/aromatic N) is 2. The first kappa shape index (κ1) is 74.6. The summed E-state index contributed by atoms with van der Waals surface area (Å²) in [5.41, 5.74) is 4.38. The summed E-state index contributed by atoms with van der Waals surface area (Å²) in [6.07, 6.45) is 11.7. The summed E-state index contributed by atoms with van der Waals surface area (Å²) in [5.74, 6) is 0. The van der Waals surface area contributed by atoms with E-state index in [2.05, 4.69) is 34.9 Å². The van der Waals surface area contributed by atoms with Gasteiger partial charge >= 0.3 is 23.1 Å². The van der Waals surface area contributed by atoms with Gasteiger partial charge in [0.2, 0.25) is 0 Å². The smallest absolute Gasteiger partial charge is 1.00 e. The van der Waals surface area contributed by atoms with Crippen LogP contribution >= 0.6 is 0 Å². The second-order valence-electron chi connectivity index (χ2n) is 19.9. The first-order valence-corrected chi connectivity index (χ1v) is 28.2. The summed E-state index contributed by atoms with van der Waals surface area (Å²) in [6, 6.07) is 40.4. The molecular formula is C64H100BrMgN3O12. The van der Waals surface area contributed by atoms with E-state index in [9.17, 15) is 0 Å². The van der Waals surface area contributed by atoms with Crippen LogP contribution in [0.3, 0.4) is 0 Å². The molecule has 3 unspecified atom stereocenters. The Hall–Kier alpha value is -2.47. The van der Waals surface area contributed by atoms with Crippen LogP contribution in [0.15, 0.2) is 121 Å². The number of ether oxygens (including phenoxy) is 11. The molecule has 6 aliphatic heterocycles. The molecule has 6 fully saturated rings. The van der Waals surface area contributed by atoms with E-state index in [1.54, 1.807) is 14.2 Å². The van der Waals surface area contributed by atoms with Crippen LogP contribution in [0.4, 0.5) is 0 Å². The van der Waals surface area contributed by atoms with E-state index in [4.69, 9.17) is 56.9 Å². The van der Waals surface area contributed by atoms with Gasteiger partial charge in [0.25, 0.3) is 0 Å². The van der Waals surface area contributed by atoms with Crippen LogP contribution in [0.25, 0.3) is 5.32 Å². The van der Waals surface area contributed by atoms with Crippen LogP contribution in [0.5, 0.6) is 0 Å². The van der Waals surface area contributed by atoms with Crippen LogP contribution in [0.2, 0.25) is 0 Å². The molecule has 81 heavy (non-hydrogen) atoms. The summed E-state index contributed by atoms with van der Waals surface area (Å²) >= 11 is 0. The van der Waals surface area contributed by atoms with Crippen LogP contribution in [0, 0.1) is 0 Å². The van der Waals surface area contributed by atoms with E-state index in [1.807, 2.05) is 102 Å². The Morgan fingerprint density at radius 1 is 0.494 bits per heavy atom. The van der Waals surface area contributed by atoms with Crippen molar-refractivity contribution in [3.63, 3.8) is 0 Å². The zero-order valence-corrected chi connectivity index (χ0v) is 49.5. The minimum absolute atomic E-state index is 0. The molecule has 6 heterocycles. The van der Waals surface area contributed by atoms with Gasteiger partial charge in [-0.25, -0.2) is 0 Å². The van der Waals surface area contributed by atoms with E-state index in [-0.39, 0.29) is 106 Å². The maximum Gasteiger partial charge on any atom is 2.00 e. The molecule has 0 amide bonds. The maximum atomic E-state index is 6.35. The Balaban J connectivity index is 0.000000435. The topological polar surface area (TPSA) is 140 Å². The quantitative estimate of drug-likeness (QED) is 0.0455. The molecule has 452 valence electrons. The third-order valence-electron chi connectivity index (χ3n) is 14.0. The van der Waals surface area contributed by atoms with Gasteiger partial charge in [-0.15, -0.1) is 13.1 Å². The molecule has 6 aliphatic rings. The monoisotopic (exact) mass is 1210 g/mol. The molecule has 10 rings (SSSR count). The Kier molecular flexibility index (Phi) is 42.2. The minimum atomic E-state index is -0.550. The van der Waals surface area contributed by atoms with Crippen molar-refractivity contribution < 1.29 is 73.9 Å². The summed E-state index contributed by atoms with van der Waals surface area (Å²) in [5, 5.41) is 9.50. The number of hydrogen-bond acceptors (Lipinski definition) is 14. The fraction of sp³-hybridized carbons (Fsp3) is 0.625. The van der Waals surface area contributed by atoms with Crippen molar-refractivity contribution in [1.29, 1.82) is 0 Å². The zero-order chi connectivity index (χ0) is 52.5. The van der Waals surface area contributed by atoms with Crippen molar-refractivity contribution in [2.45, 2.75) is 181 Å². The van der Waals surface area contributed by atoms with E-state index in [0.717, 1.165) is 74.3 Å². The average molecular weight is 1210 g/mol. The van der Waals surface area contributed by atoms with Crippen LogP contribution in [0.1, 0.15) is 122 Å². The number of methoxy groups -OCH3 is 2. The molecule has 0 aliphatic carbocycles. The molecule has 4 aromatic carbocycles. The number of piperidine rings is 3. The average Bonchev–Trinajstić information content (AvgIpc) is 4.07. The largest absolute Gasteiger partial charge is 2.00 e. The zero-order valence-electron chi connectivity index (χ0n) is 46.5. The number of rotatable bonds is 22. The molecule has 1 N–H and O–H groups in total. The minimum Gasteiger partial charge on any atom is -1.00 e. The van der Waals surface area contributed by atoms with Crippen molar-refractivity contribution in [3.05, 3.63) is 149 Å². The van der Waals surface area contributed by atoms with Crippen molar-refractivity contribution >= 4 is 23.1 Å². The van der Waals surface area contributed by atoms with E-state index in [1.165, 1.54) is 70.9 Å². The number of hydroxylamine groups is 2. The van der Waals surface area contributed by atoms with Crippen LogP contribution in [-0.4, -0.2) is 164 Å². The van der Waals surface area contributed by atoms with E-state index >= 15 is 0 Å². The number of hydrogen-bond donors (Lipinski definition) is 1. The summed E-state index contributed by atoms with van der Waals surface area (Å²) in [4.78, 5) is 6.07. The second kappa shape index (κ2) is 45.8. The van der Waals surface area contributed by atoms with Crippen LogP contribution in [-0.2, 0) is 83.4 Å². The van der Waals surface area contributed by atoms with Gasteiger partial charge in [0.1, 0.15) is 43.4 Å². The van der Waals surface area contributed by atoms with Gasteiger partial charge in [0.05, 0.1) is 39.6 Å². The molecule has 0 saturated carbocycles. The fourth-order valence-electron chi connectivity index (χ4n) is 9.69. The first-order valence-electron chi connectivity index (χ1n) is 28.2. The second-order valence-corrected chi connectivity index (χ2v) is 19.9. The molecule has 4 aromatic rings. The van der Waals surface area contributed by atoms with E-state index in [0.29, 0.717) is 39.6 Å². The summed E-state index contributed by atoms with van der Waals surface area (Å²) < 4.78 is 65.7. The molecule has 17 heteroatoms. The third-order valence-corrected chi connectivity index (χ3v) is 14.0. The van der Waals surface area contributed by atoms with Crippen molar-refractivity contribution in [2.75, 3.05) is 80.1 Å². The van der Waals surface area contributed by atoms with Crippen molar-refractivity contribution in [3.8, 4) is 0 Å². The van der Waals surface area contributed by atoms with Gasteiger partial charge in [-0.2, -0.15) is 5.06 Å². The van der Waals surface area contributed by atoms with Crippen molar-refractivity contribution in [2.24, 2.45) is 0 Å². The molecule has 6 saturated heterocycles. The van der Waals surface area contributed by atoms with Gasteiger partial charge in [0, 0.05) is 33.9 Å². The van der Waals surface area contributed by atoms with Gasteiger partial charge < -0.3 is 79.7 Å². The fourth-order valence-corrected chi connectivity index (χ4v) is 9.69. The molecule has 0 bridgehead atoms. The van der Waals surface area contributed by atoms with Crippen molar-refractivity contribution in [1.82, 2.24) is 10.4 Å². The predicted octanol–water partition coefficient (Wildman–Crippen LogP) is 8.83. The predicted molar refractivity (Wildman–Crippen MR) is 318 cm³/mol. The molecule has 0 aromatic heterocycles. The normalized spacial score (nSPS) is 25.1. The Morgan fingerprint density at radius 2 is 0.914 bits per heavy atom. The number of nitrogens with one attached hydrogen (secondary N) is 1. The van der Waals surface area contributed by atoms with Crippen LogP contribution < -0.4 is 22.3 Å². The van der Waals surface area contributed by atoms with Gasteiger partial charge in [-0.3, -0.25) is 4.84 Å². The Bertz CT molecular complexity index is 1990. The molecule has 15 nitrogen and oxygen atoms in total. The molecule has 0 spiro atoms. The molecule has 9 atom stereocenters. The Labute approximate surface area is 514 Å². The van der Waals surface area contributed by atoms with E-state index < -0.39 is 18.7 Å². The summed E-state index contributed by atoms with van der Waals surface area (Å²) in [7, 11) is 3.26. The number of benzene rings is 4. The first-order chi connectivity index (χ1) is 37.7. The standard InChI is InChI=1S/C26H34O7.C25H33NO5.C5H11N.C5H10N.3CH4.BrH.Mg/c1-27-26-25(31-17-21-12-6-3-7-13-21)24(30-16-20-10-4-2-5-11-20)22(33-26)18-28-19-32-23-14-8-9-15-29-23;1-27-25-24(29-18-21-13-7-3-8-14-21)23(28-17-20-11-5-2-6-12-20)22(31-25)19-30-26-15-9-4-10-16-26;2*1-2-4-6-5-3-1;;;;;/h2-7,10-13,22-26H,8-9,14-19H2,1H3;2-3,5-8,11-14,22-25H,4,9-10,15-19H2,1H3;6H,1-5H2;1-5H2;3*1H4;1H;/q;;;-1;;;;;+2/p-1/t22-,23?,24?,25+,26-;22-,23?,24+,25-;;;;;;;/m11......./s1. The third kappa shape index (κ3) is 28.1. The SMILES string of the molecule is C.C.C.C1CCNCC1.C1CC[N-]CC1.CO[C@@H]1O[C@H](COCOC2CCCCO2)C(OCc2ccccc2)[C@@H]1OCc1ccccc1.CO[C@@H]1O[C@H](CON2CCCCC2)C(OCc2ccccc2)[C@@H]1OCc1ccccc1.[Br-].[Mg+2].